The molecule has 3 rings (SSSR count). The number of rotatable bonds is 57. The number of carbonyl (C=O) groups is 14. The Morgan fingerprint density at radius 3 is 0.828 bits per heavy atom. The fraction of sp³-hybridized carbons (Fsp3) is 0.818. The van der Waals surface area contributed by atoms with Crippen LogP contribution in [0, 0.1) is 5.41 Å². The molecule has 19 N–H and O–H groups in total. The standard InChI is InChI=1S/C77H135N13O26/c1-50(94)84-53-41-88(56(44-91)73(111)70(53)108)67(105)26-15-23-60(98)78-32-18-35-81-63(101)29-38-114-47-77(87-66(104)22-14-12-10-8-7-9-11-13-21-59(97)76(4,5)6,48-115-39-30-64(102)82-36-19-33-79-61(99)24-16-27-68(106)89-42-54(85-51(2)95)71(109)74(112)57(89)45-92)49-116-40-31-65(103)83-37-20-34-80-62(100)25-17-28-69(107)90-43-55(86-52(3)96)72(110)75(113)58(90)46-93/h53-58,70-75,91-93,108-113H,7-49H2,1-6H3,(H,78,98)(H,79,99)(H,80,100)(H,81,101)(H,82,102)(H,83,103)(H,84,94)(H,85,95)(H,86,96)(H,87,104)/t53?,54?,55?,56?,57?,58?,70?,71?,72?,73-,74-,75-,77?/m0/s1. The summed E-state index contributed by atoms with van der Waals surface area (Å²) < 4.78 is 18.3. The van der Waals surface area contributed by atoms with Gasteiger partial charge < -0.3 is 128 Å². The first kappa shape index (κ1) is 102. The summed E-state index contributed by atoms with van der Waals surface area (Å²) in [4.78, 5) is 182. The van der Waals surface area contributed by atoms with E-state index < -0.39 is 151 Å². The van der Waals surface area contributed by atoms with Gasteiger partial charge in [-0.2, -0.15) is 0 Å². The number of nitrogens with one attached hydrogen (secondary N) is 10. The number of ketones is 1. The molecule has 3 saturated heterocycles. The number of amides is 13. The summed E-state index contributed by atoms with van der Waals surface area (Å²) in [5, 5.41) is 120. The Balaban J connectivity index is 1.61. The maximum absolute atomic E-state index is 14.0. The molecule has 0 saturated carbocycles. The summed E-state index contributed by atoms with van der Waals surface area (Å²) >= 11 is 0. The first-order valence-electron chi connectivity index (χ1n) is 40.9. The van der Waals surface area contributed by atoms with Gasteiger partial charge >= 0.3 is 0 Å². The largest absolute Gasteiger partial charge is 0.394 e. The van der Waals surface area contributed by atoms with E-state index >= 15 is 0 Å². The molecular weight excluding hydrogens is 1520 g/mol. The van der Waals surface area contributed by atoms with Gasteiger partial charge in [0.15, 0.2) is 0 Å². The highest BCUT2D eigenvalue weighted by atomic mass is 16.5. The minimum atomic E-state index is -1.53. The van der Waals surface area contributed by atoms with Crippen LogP contribution in [-0.4, -0.2) is 340 Å². The zero-order valence-corrected chi connectivity index (χ0v) is 68.6. The van der Waals surface area contributed by atoms with Gasteiger partial charge in [0.05, 0.1) is 95.7 Å². The average Bonchev–Trinajstić information content (AvgIpc) is 0.808. The molecule has 12 atom stereocenters. The lowest BCUT2D eigenvalue weighted by Crippen LogP contribution is -2.67. The predicted molar refractivity (Wildman–Crippen MR) is 418 cm³/mol. The third-order valence-corrected chi connectivity index (χ3v) is 20.3. The summed E-state index contributed by atoms with van der Waals surface area (Å²) in [7, 11) is 0. The third-order valence-electron chi connectivity index (χ3n) is 20.3. The van der Waals surface area contributed by atoms with Crippen LogP contribution in [0.1, 0.15) is 202 Å². The van der Waals surface area contributed by atoms with Crippen LogP contribution in [0.15, 0.2) is 0 Å². The van der Waals surface area contributed by atoms with Gasteiger partial charge in [-0.3, -0.25) is 67.1 Å². The highest BCUT2D eigenvalue weighted by Gasteiger charge is 2.47. The molecule has 3 fully saturated rings. The number of piperidine rings is 3. The van der Waals surface area contributed by atoms with Crippen molar-refractivity contribution in [2.45, 2.75) is 280 Å². The number of Topliss-reactive ketones (excluding diaryl/α,β-unsaturated/α-hetero) is 1. The van der Waals surface area contributed by atoms with E-state index in [2.05, 4.69) is 53.2 Å². The molecule has 664 valence electrons. The first-order chi connectivity index (χ1) is 55.1. The summed E-state index contributed by atoms with van der Waals surface area (Å²) in [5.41, 5.74) is -1.82. The second-order valence-corrected chi connectivity index (χ2v) is 31.2. The molecular formula is C77H135N13O26. The maximum atomic E-state index is 14.0. The smallest absolute Gasteiger partial charge is 0.223 e. The molecule has 3 heterocycles. The summed E-state index contributed by atoms with van der Waals surface area (Å²) in [6.07, 6.45) is -1.01. The van der Waals surface area contributed by atoms with Gasteiger partial charge in [-0.25, -0.2) is 0 Å². The Bertz CT molecular complexity index is 2810. The molecule has 3 aliphatic heterocycles. The van der Waals surface area contributed by atoms with Gasteiger partial charge in [0.1, 0.15) is 47.9 Å². The summed E-state index contributed by atoms with van der Waals surface area (Å²) in [6.45, 7) is 6.70. The molecule has 3 aliphatic rings. The van der Waals surface area contributed by atoms with Crippen LogP contribution in [0.4, 0.5) is 0 Å². The molecule has 13 amide bonds. The molecule has 0 radical (unpaired) electrons. The van der Waals surface area contributed by atoms with Crippen molar-refractivity contribution in [3.8, 4) is 0 Å². The van der Waals surface area contributed by atoms with Gasteiger partial charge in [-0.15, -0.1) is 0 Å². The van der Waals surface area contributed by atoms with Gasteiger partial charge in [-0.05, 0) is 51.4 Å². The molecule has 116 heavy (non-hydrogen) atoms. The number of aliphatic hydroxyl groups is 9. The van der Waals surface area contributed by atoms with E-state index in [-0.39, 0.29) is 217 Å². The first-order valence-corrected chi connectivity index (χ1v) is 40.9. The van der Waals surface area contributed by atoms with E-state index in [1.807, 2.05) is 20.8 Å². The topological polar surface area (TPSA) is 579 Å². The van der Waals surface area contributed by atoms with Crippen LogP contribution in [0.3, 0.4) is 0 Å². The number of aliphatic hydroxyl groups excluding tert-OH is 9. The Morgan fingerprint density at radius 2 is 0.569 bits per heavy atom. The van der Waals surface area contributed by atoms with Crippen LogP contribution in [-0.2, 0) is 81.3 Å². The molecule has 0 aliphatic carbocycles. The Labute approximate surface area is 679 Å². The van der Waals surface area contributed by atoms with Crippen LogP contribution < -0.4 is 53.2 Å². The number of ether oxygens (including phenoxy) is 3. The summed E-state index contributed by atoms with van der Waals surface area (Å²) in [6, 6.07) is -6.26. The number of hydrogen-bond donors (Lipinski definition) is 19. The molecule has 0 spiro atoms. The maximum Gasteiger partial charge on any atom is 0.223 e. The van der Waals surface area contributed by atoms with Crippen molar-refractivity contribution in [1.29, 1.82) is 0 Å². The SMILES string of the molecule is CC(=O)NC1CN(C(=O)CCCC(=O)NCCCNC(=O)CCOCC(COCCC(=O)NCCCNC(=O)CCCC(=O)N2CC(NC(C)=O)C(O)[C@@H](O)C2CO)(COCCC(=O)NCCCNC(=O)CCCC(=O)N2CC(NC(C)=O)C(O)[C@@H](O)C2CO)NC(=O)CCCCCCCCCCC(=O)C(C)(C)C)C(CO)[C@H](O)C1O. The van der Waals surface area contributed by atoms with Gasteiger partial charge in [0.2, 0.25) is 76.8 Å². The molecule has 0 aromatic heterocycles. The van der Waals surface area contributed by atoms with Crippen molar-refractivity contribution < 1.29 is 127 Å². The van der Waals surface area contributed by atoms with E-state index in [0.29, 0.717) is 32.1 Å². The molecule has 0 aromatic carbocycles. The number of hydrogen-bond acceptors (Lipinski definition) is 26. The van der Waals surface area contributed by atoms with Crippen LogP contribution in [0.5, 0.6) is 0 Å². The van der Waals surface area contributed by atoms with E-state index in [9.17, 15) is 113 Å². The second-order valence-electron chi connectivity index (χ2n) is 31.2. The fourth-order valence-corrected chi connectivity index (χ4v) is 13.7. The fourth-order valence-electron chi connectivity index (χ4n) is 13.7. The van der Waals surface area contributed by atoms with Crippen molar-refractivity contribution in [2.75, 3.05) is 118 Å². The second kappa shape index (κ2) is 55.9. The zero-order valence-electron chi connectivity index (χ0n) is 68.6. The molecule has 39 heteroatoms. The Morgan fingerprint density at radius 1 is 0.319 bits per heavy atom. The molecule has 39 nitrogen and oxygen atoms in total. The Kier molecular flexibility index (Phi) is 49.4. The van der Waals surface area contributed by atoms with Crippen LogP contribution in [0.2, 0.25) is 0 Å². The predicted octanol–water partition coefficient (Wildman–Crippen LogP) is -4.76. The monoisotopic (exact) mass is 1660 g/mol. The molecule has 9 unspecified atom stereocenters. The number of unbranched alkanes of at least 4 members (excludes halogenated alkanes) is 7. The van der Waals surface area contributed by atoms with E-state index in [1.165, 1.54) is 35.5 Å². The minimum absolute atomic E-state index is 0.0453. The minimum Gasteiger partial charge on any atom is -0.394 e. The van der Waals surface area contributed by atoms with Crippen molar-refractivity contribution in [3.05, 3.63) is 0 Å². The highest BCUT2D eigenvalue weighted by Crippen LogP contribution is 2.25. The summed E-state index contributed by atoms with van der Waals surface area (Å²) in [5.74, 6) is -5.44. The quantitative estimate of drug-likeness (QED) is 0.0254. The van der Waals surface area contributed by atoms with Crippen molar-refractivity contribution in [2.24, 2.45) is 5.41 Å². The molecule has 0 aromatic rings. The normalized spacial score (nSPS) is 21.9. The number of carbonyl (C=O) groups excluding carboxylic acids is 14. The zero-order chi connectivity index (χ0) is 86.3. The Hall–Kier alpha value is -7.70. The number of likely N-dealkylation sites (tertiary alicyclic amines) is 3. The van der Waals surface area contributed by atoms with E-state index in [1.54, 1.807) is 0 Å². The van der Waals surface area contributed by atoms with Gasteiger partial charge in [0.25, 0.3) is 0 Å². The lowest BCUT2D eigenvalue weighted by atomic mass is 9.88. The lowest BCUT2D eigenvalue weighted by molar-refractivity contribution is -0.153. The van der Waals surface area contributed by atoms with Crippen molar-refractivity contribution in [3.63, 3.8) is 0 Å². The van der Waals surface area contributed by atoms with Gasteiger partial charge in [0, 0.05) is 156 Å². The third kappa shape index (κ3) is 39.7. The highest BCUT2D eigenvalue weighted by molar-refractivity contribution is 5.84. The van der Waals surface area contributed by atoms with Crippen LogP contribution >= 0.6 is 0 Å². The van der Waals surface area contributed by atoms with E-state index in [4.69, 9.17) is 14.2 Å². The number of nitrogens with zero attached hydrogens (tertiary/aromatic N) is 3. The van der Waals surface area contributed by atoms with Gasteiger partial charge in [-0.1, -0.05) is 59.3 Å². The van der Waals surface area contributed by atoms with E-state index in [0.717, 1.165) is 44.9 Å². The van der Waals surface area contributed by atoms with Crippen LogP contribution in [0.25, 0.3) is 0 Å². The van der Waals surface area contributed by atoms with Crippen molar-refractivity contribution in [1.82, 2.24) is 67.9 Å². The molecule has 0 bridgehead atoms. The lowest BCUT2D eigenvalue weighted by Gasteiger charge is -2.45. The van der Waals surface area contributed by atoms with Crippen molar-refractivity contribution >= 4 is 82.6 Å². The average molecular weight is 1660 g/mol.